The van der Waals surface area contributed by atoms with Gasteiger partial charge >= 0.3 is 0 Å². The second-order valence-corrected chi connectivity index (χ2v) is 3.38. The minimum atomic E-state index is 1.07. The minimum absolute atomic E-state index is 1.07. The molecule has 1 aromatic carbocycles. The first-order valence-electron chi connectivity index (χ1n) is 4.27. The van der Waals surface area contributed by atoms with Crippen molar-refractivity contribution in [3.05, 3.63) is 35.0 Å². The maximum absolute atomic E-state index is 5.59. The van der Waals surface area contributed by atoms with Crippen molar-refractivity contribution in [2.24, 2.45) is 5.84 Å². The summed E-state index contributed by atoms with van der Waals surface area (Å²) in [6.45, 7) is 4.18. The zero-order valence-electron chi connectivity index (χ0n) is 7.83. The molecule has 0 radical (unpaired) electrons. The number of hydrazine groups is 2. The van der Waals surface area contributed by atoms with Crippen molar-refractivity contribution in [1.29, 1.82) is 0 Å². The van der Waals surface area contributed by atoms with Crippen molar-refractivity contribution < 1.29 is 0 Å². The van der Waals surface area contributed by atoms with Crippen LogP contribution in [0, 0.1) is 13.8 Å². The lowest BCUT2D eigenvalue weighted by atomic mass is 10.0. The van der Waals surface area contributed by atoms with Gasteiger partial charge in [0.05, 0.1) is 5.69 Å². The maximum atomic E-state index is 5.59. The Kier molecular flexibility index (Phi) is 1.74. The Labute approximate surface area is 77.8 Å². The molecular weight excluding hydrogens is 162 g/mol. The van der Waals surface area contributed by atoms with Crippen LogP contribution < -0.4 is 11.3 Å². The zero-order valence-corrected chi connectivity index (χ0v) is 7.83. The summed E-state index contributed by atoms with van der Waals surface area (Å²) in [5.41, 5.74) is 7.87. The van der Waals surface area contributed by atoms with Gasteiger partial charge in [0, 0.05) is 11.8 Å². The van der Waals surface area contributed by atoms with Crippen molar-refractivity contribution >= 4 is 11.8 Å². The van der Waals surface area contributed by atoms with Crippen molar-refractivity contribution in [3.8, 4) is 0 Å². The molecule has 2 rings (SSSR count). The summed E-state index contributed by atoms with van der Waals surface area (Å²) in [4.78, 5) is 0. The predicted molar refractivity (Wildman–Crippen MR) is 54.6 cm³/mol. The average molecular weight is 175 g/mol. The van der Waals surface area contributed by atoms with E-state index in [1.54, 1.807) is 0 Å². The number of benzene rings is 1. The van der Waals surface area contributed by atoms with Crippen molar-refractivity contribution in [2.75, 3.05) is 5.43 Å². The summed E-state index contributed by atoms with van der Waals surface area (Å²) in [5.74, 6) is 5.59. The second kappa shape index (κ2) is 2.78. The van der Waals surface area contributed by atoms with Gasteiger partial charge in [0.2, 0.25) is 0 Å². The summed E-state index contributed by atoms with van der Waals surface area (Å²) in [7, 11) is 0. The SMILES string of the molecule is Cc1cc(C)c2c(c1)NN(N)C=C2. The Hall–Kier alpha value is -1.48. The topological polar surface area (TPSA) is 41.3 Å². The molecule has 0 unspecified atom stereocenters. The Morgan fingerprint density at radius 1 is 1.31 bits per heavy atom. The number of anilines is 1. The van der Waals surface area contributed by atoms with Crippen LogP contribution in [-0.4, -0.2) is 5.12 Å². The monoisotopic (exact) mass is 175 g/mol. The van der Waals surface area contributed by atoms with Crippen molar-refractivity contribution in [2.45, 2.75) is 13.8 Å². The molecule has 1 aliphatic rings. The van der Waals surface area contributed by atoms with Gasteiger partial charge in [-0.15, -0.1) is 0 Å². The molecule has 1 aliphatic heterocycles. The van der Waals surface area contributed by atoms with Crippen LogP contribution in [0.3, 0.4) is 0 Å². The van der Waals surface area contributed by atoms with E-state index in [0.29, 0.717) is 0 Å². The number of nitrogens with zero attached hydrogens (tertiary/aromatic N) is 1. The van der Waals surface area contributed by atoms with Gasteiger partial charge in [-0.3, -0.25) is 5.43 Å². The molecule has 0 fully saturated rings. The Balaban J connectivity index is 2.56. The molecule has 0 bridgehead atoms. The molecule has 0 saturated heterocycles. The summed E-state index contributed by atoms with van der Waals surface area (Å²) in [5, 5.41) is 1.46. The number of fused-ring (bicyclic) bond motifs is 1. The van der Waals surface area contributed by atoms with Crippen LogP contribution in [0.15, 0.2) is 18.3 Å². The van der Waals surface area contributed by atoms with E-state index in [0.717, 1.165) is 5.69 Å². The van der Waals surface area contributed by atoms with Gasteiger partial charge in [-0.25, -0.2) is 11.0 Å². The van der Waals surface area contributed by atoms with E-state index in [4.69, 9.17) is 5.84 Å². The molecule has 0 amide bonds. The van der Waals surface area contributed by atoms with Crippen molar-refractivity contribution in [3.63, 3.8) is 0 Å². The summed E-state index contributed by atoms with van der Waals surface area (Å²) >= 11 is 0. The third-order valence-corrected chi connectivity index (χ3v) is 2.18. The molecule has 13 heavy (non-hydrogen) atoms. The summed E-state index contributed by atoms with van der Waals surface area (Å²) in [6.07, 6.45) is 3.82. The lowest BCUT2D eigenvalue weighted by molar-refractivity contribution is 0.474. The molecule has 3 heteroatoms. The van der Waals surface area contributed by atoms with Gasteiger partial charge in [0.15, 0.2) is 0 Å². The molecule has 0 atom stereocenters. The second-order valence-electron chi connectivity index (χ2n) is 3.38. The third kappa shape index (κ3) is 1.38. The highest BCUT2D eigenvalue weighted by atomic mass is 15.7. The lowest BCUT2D eigenvalue weighted by Crippen LogP contribution is -2.33. The third-order valence-electron chi connectivity index (χ3n) is 2.18. The van der Waals surface area contributed by atoms with Crippen molar-refractivity contribution in [1.82, 2.24) is 5.12 Å². The van der Waals surface area contributed by atoms with Gasteiger partial charge in [-0.05, 0) is 37.1 Å². The van der Waals surface area contributed by atoms with Crippen LogP contribution in [0.1, 0.15) is 16.7 Å². The van der Waals surface area contributed by atoms with Crippen LogP contribution in [0.4, 0.5) is 5.69 Å². The highest BCUT2D eigenvalue weighted by molar-refractivity contribution is 5.72. The average Bonchev–Trinajstić information content (AvgIpc) is 2.02. The molecule has 0 saturated carbocycles. The first kappa shape index (κ1) is 8.13. The fourth-order valence-electron chi connectivity index (χ4n) is 1.62. The van der Waals surface area contributed by atoms with Gasteiger partial charge in [-0.1, -0.05) is 6.07 Å². The number of hydrogen-bond donors (Lipinski definition) is 2. The molecule has 3 nitrogen and oxygen atoms in total. The standard InChI is InChI=1S/C10H13N3/c1-7-5-8(2)9-3-4-13(11)12-10(9)6-7/h3-6,12H,11H2,1-2H3. The number of nitrogens with two attached hydrogens (primary N) is 1. The van der Waals surface area contributed by atoms with E-state index in [2.05, 4.69) is 31.4 Å². The Bertz CT molecular complexity index is 369. The molecule has 0 spiro atoms. The molecule has 1 heterocycles. The van der Waals surface area contributed by atoms with Crippen LogP contribution >= 0.6 is 0 Å². The molecular formula is C10H13N3. The van der Waals surface area contributed by atoms with Crippen LogP contribution in [0.25, 0.3) is 6.08 Å². The van der Waals surface area contributed by atoms with Gasteiger partial charge in [0.1, 0.15) is 0 Å². The largest absolute Gasteiger partial charge is 0.284 e. The Morgan fingerprint density at radius 2 is 2.08 bits per heavy atom. The lowest BCUT2D eigenvalue weighted by Gasteiger charge is -2.23. The summed E-state index contributed by atoms with van der Waals surface area (Å²) in [6, 6.07) is 4.25. The van der Waals surface area contributed by atoms with E-state index in [9.17, 15) is 0 Å². The summed E-state index contributed by atoms with van der Waals surface area (Å²) < 4.78 is 0. The zero-order chi connectivity index (χ0) is 9.42. The number of aryl methyl sites for hydroxylation is 2. The van der Waals surface area contributed by atoms with E-state index < -0.39 is 0 Å². The first-order chi connectivity index (χ1) is 6.16. The molecule has 0 aromatic heterocycles. The normalized spacial score (nSPS) is 13.9. The fraction of sp³-hybridized carbons (Fsp3) is 0.200. The maximum Gasteiger partial charge on any atom is 0.0634 e. The first-order valence-corrected chi connectivity index (χ1v) is 4.27. The highest BCUT2D eigenvalue weighted by Gasteiger charge is 2.09. The van der Waals surface area contributed by atoms with E-state index in [1.165, 1.54) is 21.8 Å². The molecule has 68 valence electrons. The quantitative estimate of drug-likeness (QED) is 0.591. The highest BCUT2D eigenvalue weighted by Crippen LogP contribution is 2.26. The van der Waals surface area contributed by atoms with Gasteiger partial charge < -0.3 is 0 Å². The van der Waals surface area contributed by atoms with E-state index in [1.807, 2.05) is 12.3 Å². The molecule has 0 aliphatic carbocycles. The van der Waals surface area contributed by atoms with E-state index >= 15 is 0 Å². The van der Waals surface area contributed by atoms with Crippen LogP contribution in [-0.2, 0) is 0 Å². The minimum Gasteiger partial charge on any atom is -0.284 e. The number of rotatable bonds is 0. The fourth-order valence-corrected chi connectivity index (χ4v) is 1.62. The molecule has 1 aromatic rings. The van der Waals surface area contributed by atoms with E-state index in [-0.39, 0.29) is 0 Å². The number of nitrogens with one attached hydrogen (secondary N) is 1. The smallest absolute Gasteiger partial charge is 0.0634 e. The van der Waals surface area contributed by atoms with Gasteiger partial charge in [0.25, 0.3) is 0 Å². The Morgan fingerprint density at radius 3 is 2.85 bits per heavy atom. The molecule has 3 N–H and O–H groups in total. The van der Waals surface area contributed by atoms with Gasteiger partial charge in [-0.2, -0.15) is 0 Å². The van der Waals surface area contributed by atoms with Crippen LogP contribution in [0.5, 0.6) is 0 Å². The van der Waals surface area contributed by atoms with Crippen LogP contribution in [0.2, 0.25) is 0 Å². The predicted octanol–water partition coefficient (Wildman–Crippen LogP) is 1.79. The number of hydrogen-bond acceptors (Lipinski definition) is 3.